The maximum atomic E-state index is 9.59. The molecule has 0 saturated carbocycles. The lowest BCUT2D eigenvalue weighted by Crippen LogP contribution is -2.01. The molecule has 3 heteroatoms. The molecule has 0 spiro atoms. The number of hydrogen-bond donors (Lipinski definition) is 1. The predicted octanol–water partition coefficient (Wildman–Crippen LogP) is 3.86. The van der Waals surface area contributed by atoms with E-state index < -0.39 is 0 Å². The molecular weight excluding hydrogens is 264 g/mol. The van der Waals surface area contributed by atoms with E-state index in [-0.39, 0.29) is 0 Å². The molecule has 1 N–H and O–H groups in total. The summed E-state index contributed by atoms with van der Waals surface area (Å²) in [6.45, 7) is 1.79. The zero-order valence-corrected chi connectivity index (χ0v) is 12.0. The Kier molecular flexibility index (Phi) is 4.04. The van der Waals surface area contributed by atoms with Crippen molar-refractivity contribution in [3.63, 3.8) is 0 Å². The standard InChI is InChI=1S/C18H18O3/c1-20-6-7-21-12-13-2-3-14-9-15-4-5-18(19)11-17(15)10-16(14)8-13/h2-5,8-11,19H,6-7,12H2,1H3. The number of methoxy groups -OCH3 is 1. The lowest BCUT2D eigenvalue weighted by Gasteiger charge is -2.07. The minimum absolute atomic E-state index is 0.293. The topological polar surface area (TPSA) is 38.7 Å². The van der Waals surface area contributed by atoms with Gasteiger partial charge in [-0.25, -0.2) is 0 Å². The first kappa shape index (κ1) is 13.9. The fraction of sp³-hybridized carbons (Fsp3) is 0.222. The number of hydrogen-bond acceptors (Lipinski definition) is 3. The van der Waals surface area contributed by atoms with E-state index in [0.717, 1.165) is 21.7 Å². The Balaban J connectivity index is 1.90. The average molecular weight is 282 g/mol. The molecule has 0 aliphatic heterocycles. The van der Waals surface area contributed by atoms with Gasteiger partial charge in [0.1, 0.15) is 5.75 Å². The molecule has 0 aliphatic carbocycles. The van der Waals surface area contributed by atoms with Crippen LogP contribution < -0.4 is 0 Å². The molecule has 0 aromatic heterocycles. The molecule has 0 amide bonds. The minimum Gasteiger partial charge on any atom is -0.508 e. The van der Waals surface area contributed by atoms with E-state index in [4.69, 9.17) is 9.47 Å². The molecule has 3 aromatic rings. The van der Waals surface area contributed by atoms with Crippen molar-refractivity contribution in [2.75, 3.05) is 20.3 Å². The summed E-state index contributed by atoms with van der Waals surface area (Å²) in [6.07, 6.45) is 0. The van der Waals surface area contributed by atoms with E-state index in [1.165, 1.54) is 5.39 Å². The summed E-state index contributed by atoms with van der Waals surface area (Å²) in [5.41, 5.74) is 1.14. The summed E-state index contributed by atoms with van der Waals surface area (Å²) < 4.78 is 10.5. The van der Waals surface area contributed by atoms with Crippen molar-refractivity contribution in [2.24, 2.45) is 0 Å². The summed E-state index contributed by atoms with van der Waals surface area (Å²) in [4.78, 5) is 0. The number of ether oxygens (including phenoxy) is 2. The van der Waals surface area contributed by atoms with Gasteiger partial charge in [-0.15, -0.1) is 0 Å². The van der Waals surface area contributed by atoms with Crippen molar-refractivity contribution in [1.82, 2.24) is 0 Å². The first-order valence-electron chi connectivity index (χ1n) is 6.98. The lowest BCUT2D eigenvalue weighted by atomic mass is 10.0. The number of fused-ring (bicyclic) bond motifs is 2. The Morgan fingerprint density at radius 2 is 1.52 bits per heavy atom. The van der Waals surface area contributed by atoms with Crippen LogP contribution in [0.25, 0.3) is 21.5 Å². The zero-order valence-electron chi connectivity index (χ0n) is 12.0. The highest BCUT2D eigenvalue weighted by molar-refractivity contribution is 5.98. The first-order valence-corrected chi connectivity index (χ1v) is 6.98. The molecule has 3 nitrogen and oxygen atoms in total. The molecule has 0 radical (unpaired) electrons. The molecule has 21 heavy (non-hydrogen) atoms. The maximum absolute atomic E-state index is 9.59. The molecule has 3 rings (SSSR count). The van der Waals surface area contributed by atoms with Crippen LogP contribution >= 0.6 is 0 Å². The van der Waals surface area contributed by atoms with Crippen molar-refractivity contribution in [3.8, 4) is 5.75 Å². The Bertz CT molecular complexity index is 765. The van der Waals surface area contributed by atoms with Crippen LogP contribution in [0.5, 0.6) is 5.75 Å². The highest BCUT2D eigenvalue weighted by atomic mass is 16.5. The SMILES string of the molecule is COCCOCc1ccc2cc3ccc(O)cc3cc2c1. The summed E-state index contributed by atoms with van der Waals surface area (Å²) >= 11 is 0. The van der Waals surface area contributed by atoms with Gasteiger partial charge in [-0.1, -0.05) is 18.2 Å². The van der Waals surface area contributed by atoms with Gasteiger partial charge in [0, 0.05) is 7.11 Å². The number of aromatic hydroxyl groups is 1. The average Bonchev–Trinajstić information content (AvgIpc) is 2.49. The fourth-order valence-corrected chi connectivity index (χ4v) is 2.46. The van der Waals surface area contributed by atoms with Crippen LogP contribution in [0.2, 0.25) is 0 Å². The molecular formula is C18H18O3. The molecule has 0 saturated heterocycles. The van der Waals surface area contributed by atoms with Crippen molar-refractivity contribution >= 4 is 21.5 Å². The third-order valence-electron chi connectivity index (χ3n) is 3.54. The van der Waals surface area contributed by atoms with Gasteiger partial charge in [-0.05, 0) is 57.4 Å². The van der Waals surface area contributed by atoms with E-state index >= 15 is 0 Å². The molecule has 0 aliphatic rings. The number of rotatable bonds is 5. The van der Waals surface area contributed by atoms with Crippen LogP contribution in [0.1, 0.15) is 5.56 Å². The van der Waals surface area contributed by atoms with Crippen LogP contribution in [-0.4, -0.2) is 25.4 Å². The number of benzene rings is 3. The first-order chi connectivity index (χ1) is 10.3. The molecule has 0 bridgehead atoms. The summed E-state index contributed by atoms with van der Waals surface area (Å²) in [5.74, 6) is 0.293. The quantitative estimate of drug-likeness (QED) is 0.570. The summed E-state index contributed by atoms with van der Waals surface area (Å²) in [5, 5.41) is 14.1. The van der Waals surface area contributed by atoms with Gasteiger partial charge in [0.05, 0.1) is 19.8 Å². The highest BCUT2D eigenvalue weighted by Crippen LogP contribution is 2.26. The Labute approximate surface area is 123 Å². The number of phenolic OH excluding ortho intramolecular Hbond substituents is 1. The lowest BCUT2D eigenvalue weighted by molar-refractivity contribution is 0.0617. The van der Waals surface area contributed by atoms with Gasteiger partial charge in [0.15, 0.2) is 0 Å². The van der Waals surface area contributed by atoms with E-state index in [9.17, 15) is 5.11 Å². The molecule has 0 heterocycles. The Morgan fingerprint density at radius 1 is 0.810 bits per heavy atom. The van der Waals surface area contributed by atoms with Crippen LogP contribution in [0.3, 0.4) is 0 Å². The van der Waals surface area contributed by atoms with Crippen LogP contribution in [0.15, 0.2) is 48.5 Å². The third kappa shape index (κ3) is 3.15. The van der Waals surface area contributed by atoms with E-state index in [1.807, 2.05) is 6.07 Å². The molecule has 108 valence electrons. The van der Waals surface area contributed by atoms with E-state index in [0.29, 0.717) is 25.6 Å². The highest BCUT2D eigenvalue weighted by Gasteiger charge is 2.01. The second kappa shape index (κ2) is 6.12. The van der Waals surface area contributed by atoms with Gasteiger partial charge in [0.2, 0.25) is 0 Å². The van der Waals surface area contributed by atoms with Crippen LogP contribution in [-0.2, 0) is 16.1 Å². The second-order valence-electron chi connectivity index (χ2n) is 5.11. The molecule has 0 atom stereocenters. The van der Waals surface area contributed by atoms with E-state index in [2.05, 4.69) is 30.3 Å². The smallest absolute Gasteiger partial charge is 0.116 e. The Hall–Kier alpha value is -2.10. The van der Waals surface area contributed by atoms with Gasteiger partial charge in [-0.2, -0.15) is 0 Å². The zero-order chi connectivity index (χ0) is 14.7. The van der Waals surface area contributed by atoms with Gasteiger partial charge >= 0.3 is 0 Å². The van der Waals surface area contributed by atoms with Gasteiger partial charge in [-0.3, -0.25) is 0 Å². The third-order valence-corrected chi connectivity index (χ3v) is 3.54. The number of phenols is 1. The van der Waals surface area contributed by atoms with Crippen molar-refractivity contribution in [2.45, 2.75) is 6.61 Å². The minimum atomic E-state index is 0.293. The largest absolute Gasteiger partial charge is 0.508 e. The van der Waals surface area contributed by atoms with E-state index in [1.54, 1.807) is 19.2 Å². The van der Waals surface area contributed by atoms with Crippen molar-refractivity contribution in [3.05, 3.63) is 54.1 Å². The fourth-order valence-electron chi connectivity index (χ4n) is 2.46. The second-order valence-corrected chi connectivity index (χ2v) is 5.11. The van der Waals surface area contributed by atoms with Crippen LogP contribution in [0, 0.1) is 0 Å². The molecule has 3 aromatic carbocycles. The Morgan fingerprint density at radius 3 is 2.33 bits per heavy atom. The van der Waals surface area contributed by atoms with Gasteiger partial charge < -0.3 is 14.6 Å². The van der Waals surface area contributed by atoms with Gasteiger partial charge in [0.25, 0.3) is 0 Å². The normalized spacial score (nSPS) is 11.3. The molecule has 0 fully saturated rings. The maximum Gasteiger partial charge on any atom is 0.116 e. The predicted molar refractivity (Wildman–Crippen MR) is 84.7 cm³/mol. The van der Waals surface area contributed by atoms with Crippen molar-refractivity contribution < 1.29 is 14.6 Å². The summed E-state index contributed by atoms with van der Waals surface area (Å²) in [7, 11) is 1.67. The summed E-state index contributed by atoms with van der Waals surface area (Å²) in [6, 6.07) is 16.0. The van der Waals surface area contributed by atoms with Crippen LogP contribution in [0.4, 0.5) is 0 Å². The monoisotopic (exact) mass is 282 g/mol. The van der Waals surface area contributed by atoms with Crippen molar-refractivity contribution in [1.29, 1.82) is 0 Å². The molecule has 0 unspecified atom stereocenters.